The zero-order valence-electron chi connectivity index (χ0n) is 16.7. The third-order valence-corrected chi connectivity index (χ3v) is 6.13. The second-order valence-corrected chi connectivity index (χ2v) is 7.76. The largest absolute Gasteiger partial charge is 0.493 e. The van der Waals surface area contributed by atoms with Crippen molar-refractivity contribution in [2.75, 3.05) is 27.3 Å². The van der Waals surface area contributed by atoms with Crippen LogP contribution in [-0.2, 0) is 9.59 Å². The first kappa shape index (κ1) is 18.8. The molecule has 6 heteroatoms. The summed E-state index contributed by atoms with van der Waals surface area (Å²) >= 11 is 0. The average Bonchev–Trinajstić information content (AvgIpc) is 3.34. The molecule has 4 rings (SSSR count). The van der Waals surface area contributed by atoms with Crippen LogP contribution in [0.2, 0.25) is 0 Å². The maximum atomic E-state index is 13.5. The highest BCUT2D eigenvalue weighted by Gasteiger charge is 2.45. The second-order valence-electron chi connectivity index (χ2n) is 7.76. The van der Waals surface area contributed by atoms with E-state index in [9.17, 15) is 9.59 Å². The summed E-state index contributed by atoms with van der Waals surface area (Å²) in [6, 6.07) is 5.47. The SMILES string of the molecule is COc1ccc(C2=C(N3CCCC3)C(=O)N(C3CCCCC3)C2=O)cc1OC. The van der Waals surface area contributed by atoms with Crippen molar-refractivity contribution in [2.24, 2.45) is 0 Å². The van der Waals surface area contributed by atoms with Gasteiger partial charge in [-0.25, -0.2) is 0 Å². The van der Waals surface area contributed by atoms with Crippen LogP contribution in [0, 0.1) is 0 Å². The van der Waals surface area contributed by atoms with Crippen LogP contribution in [0.15, 0.2) is 23.9 Å². The lowest BCUT2D eigenvalue weighted by Gasteiger charge is -2.30. The number of methoxy groups -OCH3 is 2. The number of hydrogen-bond acceptors (Lipinski definition) is 5. The molecule has 0 spiro atoms. The Bertz CT molecular complexity index is 805. The number of ether oxygens (including phenoxy) is 2. The summed E-state index contributed by atoms with van der Waals surface area (Å²) in [6.07, 6.45) is 7.25. The van der Waals surface area contributed by atoms with Crippen molar-refractivity contribution >= 4 is 17.4 Å². The van der Waals surface area contributed by atoms with E-state index in [2.05, 4.69) is 4.90 Å². The quantitative estimate of drug-likeness (QED) is 0.730. The molecule has 0 bridgehead atoms. The van der Waals surface area contributed by atoms with Crippen LogP contribution in [0.5, 0.6) is 11.5 Å². The van der Waals surface area contributed by atoms with Gasteiger partial charge < -0.3 is 14.4 Å². The van der Waals surface area contributed by atoms with Crippen LogP contribution in [0.25, 0.3) is 5.57 Å². The third-order valence-electron chi connectivity index (χ3n) is 6.13. The van der Waals surface area contributed by atoms with E-state index in [-0.39, 0.29) is 17.9 Å². The molecule has 0 unspecified atom stereocenters. The van der Waals surface area contributed by atoms with E-state index in [1.807, 2.05) is 6.07 Å². The molecule has 0 aromatic heterocycles. The van der Waals surface area contributed by atoms with Crippen molar-refractivity contribution in [1.29, 1.82) is 0 Å². The maximum absolute atomic E-state index is 13.5. The van der Waals surface area contributed by atoms with E-state index >= 15 is 0 Å². The molecule has 0 N–H and O–H groups in total. The normalized spacial score (nSPS) is 21.1. The van der Waals surface area contributed by atoms with Gasteiger partial charge >= 0.3 is 0 Å². The second kappa shape index (κ2) is 7.86. The number of carbonyl (C=O) groups excluding carboxylic acids is 2. The minimum absolute atomic E-state index is 0.0176. The summed E-state index contributed by atoms with van der Waals surface area (Å²) in [5, 5.41) is 0. The Kier molecular flexibility index (Phi) is 5.29. The Balaban J connectivity index is 1.78. The van der Waals surface area contributed by atoms with Crippen molar-refractivity contribution < 1.29 is 19.1 Å². The summed E-state index contributed by atoms with van der Waals surface area (Å²) in [5.41, 5.74) is 1.80. The fraction of sp³-hybridized carbons (Fsp3) is 0.545. The van der Waals surface area contributed by atoms with Gasteiger partial charge in [0.1, 0.15) is 5.70 Å². The van der Waals surface area contributed by atoms with Gasteiger partial charge in [0, 0.05) is 19.1 Å². The minimum Gasteiger partial charge on any atom is -0.493 e. The number of rotatable bonds is 5. The molecule has 2 heterocycles. The fourth-order valence-electron chi connectivity index (χ4n) is 4.69. The molecule has 1 saturated heterocycles. The van der Waals surface area contributed by atoms with E-state index in [1.54, 1.807) is 31.3 Å². The van der Waals surface area contributed by atoms with Gasteiger partial charge in [-0.05, 0) is 43.4 Å². The zero-order valence-corrected chi connectivity index (χ0v) is 16.7. The monoisotopic (exact) mass is 384 g/mol. The summed E-state index contributed by atoms with van der Waals surface area (Å²) in [6.45, 7) is 1.65. The number of amides is 2. The van der Waals surface area contributed by atoms with Gasteiger partial charge in [0.25, 0.3) is 11.8 Å². The number of likely N-dealkylation sites (tertiary alicyclic amines) is 1. The van der Waals surface area contributed by atoms with Gasteiger partial charge in [0.15, 0.2) is 11.5 Å². The van der Waals surface area contributed by atoms with Crippen molar-refractivity contribution in [3.05, 3.63) is 29.5 Å². The third kappa shape index (κ3) is 3.15. The molecule has 3 aliphatic rings. The summed E-state index contributed by atoms with van der Waals surface area (Å²) < 4.78 is 10.8. The Morgan fingerprint density at radius 2 is 1.54 bits per heavy atom. The first-order chi connectivity index (χ1) is 13.7. The lowest BCUT2D eigenvalue weighted by atomic mass is 9.94. The van der Waals surface area contributed by atoms with E-state index < -0.39 is 0 Å². The van der Waals surface area contributed by atoms with Crippen molar-refractivity contribution in [2.45, 2.75) is 51.0 Å². The molecule has 2 amide bonds. The van der Waals surface area contributed by atoms with E-state index in [0.29, 0.717) is 22.8 Å². The van der Waals surface area contributed by atoms with Crippen molar-refractivity contribution in [3.8, 4) is 11.5 Å². The zero-order chi connectivity index (χ0) is 19.7. The highest BCUT2D eigenvalue weighted by molar-refractivity contribution is 6.35. The number of benzene rings is 1. The van der Waals surface area contributed by atoms with Crippen LogP contribution in [0.4, 0.5) is 0 Å². The van der Waals surface area contributed by atoms with E-state index in [0.717, 1.165) is 57.2 Å². The molecule has 6 nitrogen and oxygen atoms in total. The molecule has 28 heavy (non-hydrogen) atoms. The maximum Gasteiger partial charge on any atom is 0.278 e. The number of hydrogen-bond donors (Lipinski definition) is 0. The van der Waals surface area contributed by atoms with Crippen molar-refractivity contribution in [1.82, 2.24) is 9.80 Å². The van der Waals surface area contributed by atoms with Crippen LogP contribution in [-0.4, -0.2) is 55.0 Å². The molecular formula is C22H28N2O4. The predicted molar refractivity (Wildman–Crippen MR) is 106 cm³/mol. The van der Waals surface area contributed by atoms with Gasteiger partial charge in [0.2, 0.25) is 0 Å². The average molecular weight is 384 g/mol. The highest BCUT2D eigenvalue weighted by Crippen LogP contribution is 2.39. The Morgan fingerprint density at radius 1 is 0.857 bits per heavy atom. The molecule has 1 saturated carbocycles. The number of nitrogens with zero attached hydrogens (tertiary/aromatic N) is 2. The summed E-state index contributed by atoms with van der Waals surface area (Å²) in [7, 11) is 3.16. The smallest absolute Gasteiger partial charge is 0.278 e. The van der Waals surface area contributed by atoms with Crippen molar-refractivity contribution in [3.63, 3.8) is 0 Å². The van der Waals surface area contributed by atoms with E-state index in [1.165, 1.54) is 6.42 Å². The molecule has 2 fully saturated rings. The Morgan fingerprint density at radius 3 is 2.18 bits per heavy atom. The minimum atomic E-state index is -0.161. The van der Waals surface area contributed by atoms with Crippen LogP contribution >= 0.6 is 0 Å². The van der Waals surface area contributed by atoms with Crippen LogP contribution < -0.4 is 9.47 Å². The standard InChI is InChI=1S/C22H28N2O4/c1-27-17-11-10-15(14-18(17)28-2)19-20(23-12-6-7-13-23)22(26)24(21(19)25)16-8-4-3-5-9-16/h10-11,14,16H,3-9,12-13H2,1-2H3. The molecule has 2 aliphatic heterocycles. The predicted octanol–water partition coefficient (Wildman–Crippen LogP) is 3.21. The van der Waals surface area contributed by atoms with Gasteiger partial charge in [-0.2, -0.15) is 0 Å². The van der Waals surface area contributed by atoms with Gasteiger partial charge in [0.05, 0.1) is 19.8 Å². The van der Waals surface area contributed by atoms with Crippen LogP contribution in [0.3, 0.4) is 0 Å². The lowest BCUT2D eigenvalue weighted by Crippen LogP contribution is -2.43. The summed E-state index contributed by atoms with van der Waals surface area (Å²) in [5.74, 6) is 0.884. The highest BCUT2D eigenvalue weighted by atomic mass is 16.5. The molecule has 1 aliphatic carbocycles. The molecule has 150 valence electrons. The topological polar surface area (TPSA) is 59.1 Å². The molecule has 0 atom stereocenters. The fourth-order valence-corrected chi connectivity index (χ4v) is 4.69. The number of carbonyl (C=O) groups is 2. The Labute approximate surface area is 166 Å². The molecule has 1 aromatic rings. The number of imide groups is 1. The van der Waals surface area contributed by atoms with Gasteiger partial charge in [-0.3, -0.25) is 14.5 Å². The van der Waals surface area contributed by atoms with Gasteiger partial charge in [-0.1, -0.05) is 25.3 Å². The lowest BCUT2D eigenvalue weighted by molar-refractivity contribution is -0.140. The molecule has 0 radical (unpaired) electrons. The first-order valence-electron chi connectivity index (χ1n) is 10.2. The van der Waals surface area contributed by atoms with E-state index in [4.69, 9.17) is 9.47 Å². The molecular weight excluding hydrogens is 356 g/mol. The first-order valence-corrected chi connectivity index (χ1v) is 10.2. The molecule has 1 aromatic carbocycles. The Hall–Kier alpha value is -2.50. The summed E-state index contributed by atoms with van der Waals surface area (Å²) in [4.78, 5) is 30.5. The van der Waals surface area contributed by atoms with Gasteiger partial charge in [-0.15, -0.1) is 0 Å². The van der Waals surface area contributed by atoms with Crippen LogP contribution in [0.1, 0.15) is 50.5 Å².